The normalized spacial score (nSPS) is 14.9. The molecule has 19 heavy (non-hydrogen) atoms. The van der Waals surface area contributed by atoms with Crippen LogP contribution in [0.4, 0.5) is 5.82 Å². The van der Waals surface area contributed by atoms with E-state index >= 15 is 0 Å². The summed E-state index contributed by atoms with van der Waals surface area (Å²) in [4.78, 5) is 12.2. The molecule has 2 N–H and O–H groups in total. The van der Waals surface area contributed by atoms with E-state index in [0.29, 0.717) is 0 Å². The van der Waals surface area contributed by atoms with Crippen LogP contribution in [0.25, 0.3) is 22.6 Å². The summed E-state index contributed by atoms with van der Waals surface area (Å²) in [6.45, 7) is 0.981. The Morgan fingerprint density at radius 3 is 3.11 bits per heavy atom. The van der Waals surface area contributed by atoms with E-state index in [0.717, 1.165) is 40.9 Å². The highest BCUT2D eigenvalue weighted by molar-refractivity contribution is 5.87. The number of hydrogen-bond donors (Lipinski definition) is 2. The van der Waals surface area contributed by atoms with Gasteiger partial charge >= 0.3 is 0 Å². The van der Waals surface area contributed by atoms with Gasteiger partial charge in [0.05, 0.1) is 11.8 Å². The van der Waals surface area contributed by atoms with Crippen molar-refractivity contribution in [1.29, 1.82) is 0 Å². The van der Waals surface area contributed by atoms with Crippen LogP contribution in [0.3, 0.4) is 0 Å². The molecule has 96 valence electrons. The zero-order valence-electron chi connectivity index (χ0n) is 10.4. The largest absolute Gasteiger partial charge is 0.461 e. The van der Waals surface area contributed by atoms with Crippen LogP contribution in [0.2, 0.25) is 0 Å². The molecule has 1 aliphatic carbocycles. The third kappa shape index (κ3) is 1.97. The van der Waals surface area contributed by atoms with E-state index in [1.807, 2.05) is 18.2 Å². The summed E-state index contributed by atoms with van der Waals surface area (Å²) < 4.78 is 5.36. The lowest BCUT2D eigenvalue weighted by atomic mass is 10.3. The minimum Gasteiger partial charge on any atom is -0.461 e. The highest BCUT2D eigenvalue weighted by Gasteiger charge is 2.21. The molecule has 0 amide bonds. The molecule has 5 nitrogen and oxygen atoms in total. The van der Waals surface area contributed by atoms with Gasteiger partial charge in [0.2, 0.25) is 0 Å². The van der Waals surface area contributed by atoms with Gasteiger partial charge in [-0.25, -0.2) is 9.97 Å². The van der Waals surface area contributed by atoms with Crippen molar-refractivity contribution in [2.75, 3.05) is 11.9 Å². The van der Waals surface area contributed by atoms with Crippen LogP contribution < -0.4 is 5.32 Å². The van der Waals surface area contributed by atoms with E-state index in [9.17, 15) is 0 Å². The Morgan fingerprint density at radius 2 is 2.32 bits per heavy atom. The Labute approximate surface area is 110 Å². The van der Waals surface area contributed by atoms with Crippen LogP contribution >= 0.6 is 0 Å². The summed E-state index contributed by atoms with van der Waals surface area (Å²) in [5.74, 6) is 3.13. The van der Waals surface area contributed by atoms with Crippen molar-refractivity contribution in [3.63, 3.8) is 0 Å². The van der Waals surface area contributed by atoms with Crippen LogP contribution in [-0.4, -0.2) is 21.5 Å². The molecule has 0 radical (unpaired) electrons. The second-order valence-corrected chi connectivity index (χ2v) is 4.94. The topological polar surface area (TPSA) is 66.7 Å². The summed E-state index contributed by atoms with van der Waals surface area (Å²) in [5, 5.41) is 3.38. The summed E-state index contributed by atoms with van der Waals surface area (Å²) in [6, 6.07) is 5.67. The van der Waals surface area contributed by atoms with Gasteiger partial charge in [-0.2, -0.15) is 0 Å². The molecule has 3 aromatic rings. The molecule has 0 spiro atoms. The van der Waals surface area contributed by atoms with E-state index in [2.05, 4.69) is 20.3 Å². The maximum atomic E-state index is 5.36. The van der Waals surface area contributed by atoms with E-state index < -0.39 is 0 Å². The maximum Gasteiger partial charge on any atom is 0.174 e. The number of rotatable bonds is 4. The number of imidazole rings is 1. The van der Waals surface area contributed by atoms with Gasteiger partial charge in [0, 0.05) is 12.7 Å². The Bertz CT molecular complexity index is 697. The minimum absolute atomic E-state index is 0.738. The molecule has 0 atom stereocenters. The molecule has 1 fully saturated rings. The Balaban J connectivity index is 1.72. The van der Waals surface area contributed by atoms with Gasteiger partial charge in [0.1, 0.15) is 5.52 Å². The lowest BCUT2D eigenvalue weighted by molar-refractivity contribution is 0.578. The number of anilines is 1. The Morgan fingerprint density at radius 1 is 1.37 bits per heavy atom. The Kier molecular flexibility index (Phi) is 2.30. The standard InChI is InChI=1S/C14H14N4O/c1-2-11(19-7-1)13-17-10-5-6-15-14(12(10)18-13)16-8-9-3-4-9/h1-2,5-7,9H,3-4,8H2,(H,15,16)(H,17,18). The molecule has 0 aromatic carbocycles. The highest BCUT2D eigenvalue weighted by atomic mass is 16.3. The number of aromatic nitrogens is 3. The molecular formula is C14H14N4O. The average Bonchev–Trinajstić information content (AvgIpc) is 2.94. The van der Waals surface area contributed by atoms with Gasteiger partial charge in [-0.3, -0.25) is 0 Å². The average molecular weight is 254 g/mol. The van der Waals surface area contributed by atoms with Crippen molar-refractivity contribution in [2.45, 2.75) is 12.8 Å². The van der Waals surface area contributed by atoms with Gasteiger partial charge in [0.25, 0.3) is 0 Å². The monoisotopic (exact) mass is 254 g/mol. The maximum absolute atomic E-state index is 5.36. The van der Waals surface area contributed by atoms with E-state index in [4.69, 9.17) is 4.42 Å². The van der Waals surface area contributed by atoms with Crippen LogP contribution in [-0.2, 0) is 0 Å². The zero-order valence-corrected chi connectivity index (χ0v) is 10.4. The molecule has 0 aliphatic heterocycles. The molecule has 0 saturated heterocycles. The van der Waals surface area contributed by atoms with Crippen molar-refractivity contribution in [1.82, 2.24) is 15.0 Å². The van der Waals surface area contributed by atoms with Crippen molar-refractivity contribution in [3.8, 4) is 11.6 Å². The van der Waals surface area contributed by atoms with Gasteiger partial charge in [0.15, 0.2) is 17.4 Å². The minimum atomic E-state index is 0.738. The fourth-order valence-corrected chi connectivity index (χ4v) is 2.16. The summed E-state index contributed by atoms with van der Waals surface area (Å²) in [6.07, 6.45) is 6.08. The molecule has 1 saturated carbocycles. The third-order valence-electron chi connectivity index (χ3n) is 3.41. The fraction of sp³-hybridized carbons (Fsp3) is 0.286. The van der Waals surface area contributed by atoms with Crippen molar-refractivity contribution in [3.05, 3.63) is 30.7 Å². The number of fused-ring (bicyclic) bond motifs is 1. The predicted octanol–water partition coefficient (Wildman–Crippen LogP) is 3.04. The lowest BCUT2D eigenvalue weighted by Gasteiger charge is -2.03. The number of aromatic amines is 1. The molecule has 3 aromatic heterocycles. The predicted molar refractivity (Wildman–Crippen MR) is 72.8 cm³/mol. The van der Waals surface area contributed by atoms with Crippen LogP contribution in [0.5, 0.6) is 0 Å². The molecule has 0 bridgehead atoms. The second-order valence-electron chi connectivity index (χ2n) is 4.94. The summed E-state index contributed by atoms with van der Waals surface area (Å²) in [5.41, 5.74) is 1.84. The van der Waals surface area contributed by atoms with Gasteiger partial charge in [-0.1, -0.05) is 0 Å². The van der Waals surface area contributed by atoms with E-state index in [1.54, 1.807) is 12.5 Å². The van der Waals surface area contributed by atoms with Crippen molar-refractivity contribution < 1.29 is 4.42 Å². The third-order valence-corrected chi connectivity index (χ3v) is 3.41. The first kappa shape index (κ1) is 10.6. The molecule has 4 rings (SSSR count). The first-order valence-corrected chi connectivity index (χ1v) is 6.52. The van der Waals surface area contributed by atoms with Crippen molar-refractivity contribution in [2.24, 2.45) is 5.92 Å². The first-order valence-electron chi connectivity index (χ1n) is 6.52. The number of nitrogens with one attached hydrogen (secondary N) is 2. The number of H-pyrrole nitrogens is 1. The highest BCUT2D eigenvalue weighted by Crippen LogP contribution is 2.30. The quantitative estimate of drug-likeness (QED) is 0.751. The SMILES string of the molecule is c1coc(-c2nc3c(NCC4CC4)nccc3[nH]2)c1. The molecule has 1 aliphatic rings. The molecule has 5 heteroatoms. The molecular weight excluding hydrogens is 240 g/mol. The zero-order chi connectivity index (χ0) is 12.7. The number of furan rings is 1. The number of pyridine rings is 1. The van der Waals surface area contributed by atoms with Crippen LogP contribution in [0.15, 0.2) is 35.1 Å². The summed E-state index contributed by atoms with van der Waals surface area (Å²) >= 11 is 0. The molecule has 3 heterocycles. The van der Waals surface area contributed by atoms with Crippen LogP contribution in [0.1, 0.15) is 12.8 Å². The number of hydrogen-bond acceptors (Lipinski definition) is 4. The van der Waals surface area contributed by atoms with Crippen molar-refractivity contribution >= 4 is 16.9 Å². The van der Waals surface area contributed by atoms with Crippen LogP contribution in [0, 0.1) is 5.92 Å². The second kappa shape index (κ2) is 4.12. The Hall–Kier alpha value is -2.30. The lowest BCUT2D eigenvalue weighted by Crippen LogP contribution is -2.05. The smallest absolute Gasteiger partial charge is 0.174 e. The summed E-state index contributed by atoms with van der Waals surface area (Å²) in [7, 11) is 0. The first-order chi connectivity index (χ1) is 9.40. The van der Waals surface area contributed by atoms with E-state index in [1.165, 1.54) is 12.8 Å². The van der Waals surface area contributed by atoms with E-state index in [-0.39, 0.29) is 0 Å². The van der Waals surface area contributed by atoms with Gasteiger partial charge in [-0.15, -0.1) is 0 Å². The fourth-order valence-electron chi connectivity index (χ4n) is 2.16. The molecule has 0 unspecified atom stereocenters. The number of nitrogens with zero attached hydrogens (tertiary/aromatic N) is 2. The van der Waals surface area contributed by atoms with Gasteiger partial charge < -0.3 is 14.7 Å². The van der Waals surface area contributed by atoms with Gasteiger partial charge in [-0.05, 0) is 37.0 Å².